The minimum atomic E-state index is 0. The molecule has 0 radical (unpaired) electrons. The summed E-state index contributed by atoms with van der Waals surface area (Å²) in [6, 6.07) is 17.6. The molecule has 0 unspecified atom stereocenters. The standard InChI is InChI=1S/2C10H13.2FH.Hf/c2*1-2-6-9(5-1)10-7-3-4-8-10;;;/h2*1-2,5-6,10H,3-4,7-8H2;2*1H;/q2*-1;;;+4/p-2. The summed E-state index contributed by atoms with van der Waals surface area (Å²) in [5.74, 6) is 1.80. The Bertz CT molecular complexity index is 417. The van der Waals surface area contributed by atoms with Gasteiger partial charge in [-0.2, -0.15) is 35.4 Å². The summed E-state index contributed by atoms with van der Waals surface area (Å²) in [5.41, 5.74) is 3.13. The van der Waals surface area contributed by atoms with Crippen molar-refractivity contribution in [3.63, 3.8) is 0 Å². The fourth-order valence-electron chi connectivity index (χ4n) is 3.84. The molecule has 0 aromatic heterocycles. The molecule has 2 aliphatic carbocycles. The molecule has 0 heterocycles. The summed E-state index contributed by atoms with van der Waals surface area (Å²) in [4.78, 5) is 0. The van der Waals surface area contributed by atoms with Gasteiger partial charge in [-0.3, -0.25) is 0 Å². The van der Waals surface area contributed by atoms with Crippen LogP contribution in [0.5, 0.6) is 0 Å². The Labute approximate surface area is 157 Å². The average molecular weight is 483 g/mol. The van der Waals surface area contributed by atoms with Crippen LogP contribution < -0.4 is 9.41 Å². The second-order valence-corrected chi connectivity index (χ2v) is 6.40. The van der Waals surface area contributed by atoms with Gasteiger partial charge >= 0.3 is 25.8 Å². The van der Waals surface area contributed by atoms with E-state index in [-0.39, 0.29) is 35.3 Å². The molecule has 0 amide bonds. The molecule has 0 bridgehead atoms. The summed E-state index contributed by atoms with van der Waals surface area (Å²) < 4.78 is 0. The van der Waals surface area contributed by atoms with E-state index >= 15 is 0 Å². The summed E-state index contributed by atoms with van der Waals surface area (Å²) in [6.07, 6.45) is 11.4. The van der Waals surface area contributed by atoms with Crippen LogP contribution in [0.25, 0.3) is 0 Å². The fraction of sp³-hybridized carbons (Fsp3) is 0.500. The van der Waals surface area contributed by atoms with E-state index in [2.05, 4.69) is 48.5 Å². The van der Waals surface area contributed by atoms with Gasteiger partial charge in [0, 0.05) is 0 Å². The van der Waals surface area contributed by atoms with Crippen LogP contribution >= 0.6 is 0 Å². The third-order valence-corrected chi connectivity index (χ3v) is 5.03. The van der Waals surface area contributed by atoms with Crippen molar-refractivity contribution in [3.05, 3.63) is 59.7 Å². The predicted molar refractivity (Wildman–Crippen MR) is 86.5 cm³/mol. The first-order valence-electron chi connectivity index (χ1n) is 8.37. The largest absolute Gasteiger partial charge is 4.00 e. The molecule has 124 valence electrons. The van der Waals surface area contributed by atoms with E-state index in [1.165, 1.54) is 51.4 Å². The van der Waals surface area contributed by atoms with Gasteiger partial charge in [0.05, 0.1) is 0 Å². The van der Waals surface area contributed by atoms with Gasteiger partial charge in [-0.15, -0.1) is 0 Å². The van der Waals surface area contributed by atoms with Crippen molar-refractivity contribution in [2.45, 2.75) is 63.2 Å². The van der Waals surface area contributed by atoms with Crippen molar-refractivity contribution in [2.24, 2.45) is 0 Å². The monoisotopic (exact) mass is 484 g/mol. The molecule has 2 aromatic rings. The number of halogens is 2. The first-order valence-corrected chi connectivity index (χ1v) is 8.37. The van der Waals surface area contributed by atoms with Gasteiger partial charge in [0.15, 0.2) is 0 Å². The van der Waals surface area contributed by atoms with Crippen molar-refractivity contribution in [1.82, 2.24) is 0 Å². The second-order valence-electron chi connectivity index (χ2n) is 6.40. The van der Waals surface area contributed by atoms with E-state index in [0.29, 0.717) is 0 Å². The quantitative estimate of drug-likeness (QED) is 0.422. The summed E-state index contributed by atoms with van der Waals surface area (Å²) >= 11 is 0. The van der Waals surface area contributed by atoms with Crippen LogP contribution in [0, 0.1) is 0 Å². The molecule has 2 saturated carbocycles. The van der Waals surface area contributed by atoms with Crippen molar-refractivity contribution >= 4 is 0 Å². The topological polar surface area (TPSA) is 0 Å². The maximum atomic E-state index is 2.26. The normalized spacial score (nSPS) is 17.4. The summed E-state index contributed by atoms with van der Waals surface area (Å²) in [7, 11) is 0. The van der Waals surface area contributed by atoms with E-state index in [1.54, 1.807) is 11.1 Å². The molecule has 2 aromatic carbocycles. The Morgan fingerprint density at radius 3 is 1.04 bits per heavy atom. The minimum absolute atomic E-state index is 0. The molecular weight excluding hydrogens is 457 g/mol. The molecule has 0 spiro atoms. The predicted octanol–water partition coefficient (Wildman–Crippen LogP) is 0.132. The van der Waals surface area contributed by atoms with Crippen LogP contribution in [0.2, 0.25) is 0 Å². The van der Waals surface area contributed by atoms with Gasteiger partial charge in [0.2, 0.25) is 0 Å². The molecule has 0 atom stereocenters. The Balaban J connectivity index is 0.000000372. The number of hydrogen-bond donors (Lipinski definition) is 0. The average Bonchev–Trinajstić information content (AvgIpc) is 3.29. The zero-order chi connectivity index (χ0) is 13.6. The molecule has 3 heteroatoms. The van der Waals surface area contributed by atoms with Gasteiger partial charge in [-0.05, 0) is 0 Å². The smallest absolute Gasteiger partial charge is 1.00 e. The Hall–Kier alpha value is -0.570. The maximum Gasteiger partial charge on any atom is 4.00 e. The molecule has 2 aliphatic rings. The van der Waals surface area contributed by atoms with E-state index in [0.717, 1.165) is 11.8 Å². The van der Waals surface area contributed by atoms with Crippen molar-refractivity contribution in [3.8, 4) is 0 Å². The van der Waals surface area contributed by atoms with Crippen LogP contribution in [0.15, 0.2) is 48.5 Å². The van der Waals surface area contributed by atoms with Gasteiger partial charge in [-0.1, -0.05) is 63.2 Å². The minimum Gasteiger partial charge on any atom is -1.00 e. The van der Waals surface area contributed by atoms with E-state index in [1.807, 2.05) is 0 Å². The van der Waals surface area contributed by atoms with Crippen molar-refractivity contribution in [2.75, 3.05) is 0 Å². The Morgan fingerprint density at radius 2 is 0.783 bits per heavy atom. The van der Waals surface area contributed by atoms with Crippen LogP contribution in [-0.4, -0.2) is 0 Å². The Kier molecular flexibility index (Phi) is 11.6. The zero-order valence-electron chi connectivity index (χ0n) is 13.7. The van der Waals surface area contributed by atoms with E-state index < -0.39 is 0 Å². The molecule has 0 saturated heterocycles. The van der Waals surface area contributed by atoms with Gasteiger partial charge < -0.3 is 9.41 Å². The Morgan fingerprint density at radius 1 is 0.522 bits per heavy atom. The third-order valence-electron chi connectivity index (χ3n) is 5.03. The first kappa shape index (κ1) is 22.4. The van der Waals surface area contributed by atoms with Crippen molar-refractivity contribution in [1.29, 1.82) is 0 Å². The molecule has 0 N–H and O–H groups in total. The number of hydrogen-bond acceptors (Lipinski definition) is 0. The van der Waals surface area contributed by atoms with E-state index in [4.69, 9.17) is 0 Å². The third kappa shape index (κ3) is 6.45. The molecular formula is C20H26F2Hf. The maximum absolute atomic E-state index is 2.26. The fourth-order valence-corrected chi connectivity index (χ4v) is 3.84. The van der Waals surface area contributed by atoms with Crippen LogP contribution in [0.1, 0.15) is 74.3 Å². The number of rotatable bonds is 2. The zero-order valence-corrected chi connectivity index (χ0v) is 17.3. The van der Waals surface area contributed by atoms with Crippen LogP contribution in [0.4, 0.5) is 0 Å². The molecule has 0 aliphatic heterocycles. The van der Waals surface area contributed by atoms with Gasteiger partial charge in [0.25, 0.3) is 0 Å². The van der Waals surface area contributed by atoms with E-state index in [9.17, 15) is 0 Å². The molecule has 23 heavy (non-hydrogen) atoms. The molecule has 4 rings (SSSR count). The van der Waals surface area contributed by atoms with Gasteiger partial charge in [-0.25, -0.2) is 24.3 Å². The molecule has 0 nitrogen and oxygen atoms in total. The van der Waals surface area contributed by atoms with Crippen LogP contribution in [0.3, 0.4) is 0 Å². The second kappa shape index (κ2) is 11.9. The van der Waals surface area contributed by atoms with Crippen LogP contribution in [-0.2, 0) is 25.8 Å². The SMILES string of the molecule is [F-].[F-].[Hf+4].c1cc[c-](C2CCCC2)c1.c1cc[c-](C2CCCC2)c1. The summed E-state index contributed by atoms with van der Waals surface area (Å²) in [6.45, 7) is 0. The first-order chi connectivity index (χ1) is 9.93. The van der Waals surface area contributed by atoms with Crippen molar-refractivity contribution < 1.29 is 35.3 Å². The summed E-state index contributed by atoms with van der Waals surface area (Å²) in [5, 5.41) is 0. The van der Waals surface area contributed by atoms with Gasteiger partial charge in [0.1, 0.15) is 0 Å². The molecule has 2 fully saturated rings.